The summed E-state index contributed by atoms with van der Waals surface area (Å²) in [5.41, 5.74) is 6.43. The van der Waals surface area contributed by atoms with Gasteiger partial charge < -0.3 is 10.5 Å². The highest BCUT2D eigenvalue weighted by atomic mass is 32.2. The van der Waals surface area contributed by atoms with Crippen molar-refractivity contribution in [3.8, 4) is 0 Å². The standard InChI is InChI=1S/C16H28N2O3S/c17-11-4-1-2-5-12-21-13-6-3-8-15-9-7-10-16(14-15)22(18,19)20/h7,9-10,14H,1-6,8,11-13,17H2,(H2,18,19,20). The number of primary sulfonamides is 1. The van der Waals surface area contributed by atoms with E-state index in [0.717, 1.165) is 57.4 Å². The Hall–Kier alpha value is -0.950. The van der Waals surface area contributed by atoms with Crippen molar-refractivity contribution < 1.29 is 13.2 Å². The zero-order valence-corrected chi connectivity index (χ0v) is 14.0. The largest absolute Gasteiger partial charge is 0.381 e. The first-order valence-corrected chi connectivity index (χ1v) is 9.48. The Balaban J connectivity index is 2.10. The highest BCUT2D eigenvalue weighted by Gasteiger charge is 2.07. The number of rotatable bonds is 12. The number of hydrogen-bond acceptors (Lipinski definition) is 4. The van der Waals surface area contributed by atoms with Crippen molar-refractivity contribution in [1.29, 1.82) is 0 Å². The van der Waals surface area contributed by atoms with Crippen LogP contribution in [0, 0.1) is 0 Å². The fourth-order valence-electron chi connectivity index (χ4n) is 2.22. The monoisotopic (exact) mass is 328 g/mol. The second-order valence-corrected chi connectivity index (χ2v) is 7.03. The molecule has 0 aliphatic carbocycles. The zero-order chi connectivity index (χ0) is 16.3. The van der Waals surface area contributed by atoms with Gasteiger partial charge in [0.15, 0.2) is 0 Å². The Morgan fingerprint density at radius 2 is 1.64 bits per heavy atom. The lowest BCUT2D eigenvalue weighted by Gasteiger charge is -2.06. The quantitative estimate of drug-likeness (QED) is 0.575. The normalized spacial score (nSPS) is 11.7. The molecule has 0 bridgehead atoms. The van der Waals surface area contributed by atoms with Crippen LogP contribution in [0.2, 0.25) is 0 Å². The third-order valence-corrected chi connectivity index (χ3v) is 4.38. The molecule has 0 aromatic heterocycles. The van der Waals surface area contributed by atoms with Crippen molar-refractivity contribution in [2.45, 2.75) is 49.8 Å². The van der Waals surface area contributed by atoms with Crippen molar-refractivity contribution in [2.75, 3.05) is 19.8 Å². The average molecular weight is 328 g/mol. The minimum atomic E-state index is -3.61. The molecule has 126 valence electrons. The molecule has 0 radical (unpaired) electrons. The van der Waals surface area contributed by atoms with Gasteiger partial charge in [0.05, 0.1) is 4.90 Å². The van der Waals surface area contributed by atoms with E-state index in [1.54, 1.807) is 12.1 Å². The van der Waals surface area contributed by atoms with Gasteiger partial charge in [-0.2, -0.15) is 0 Å². The van der Waals surface area contributed by atoms with Crippen LogP contribution in [0.3, 0.4) is 0 Å². The third kappa shape index (κ3) is 8.48. The van der Waals surface area contributed by atoms with Gasteiger partial charge in [0, 0.05) is 13.2 Å². The molecule has 0 aliphatic heterocycles. The molecule has 0 aliphatic rings. The van der Waals surface area contributed by atoms with Gasteiger partial charge in [0.2, 0.25) is 10.0 Å². The first kappa shape index (κ1) is 19.1. The Morgan fingerprint density at radius 1 is 0.955 bits per heavy atom. The lowest BCUT2D eigenvalue weighted by Crippen LogP contribution is -2.12. The maximum atomic E-state index is 11.3. The topological polar surface area (TPSA) is 95.4 Å². The highest BCUT2D eigenvalue weighted by molar-refractivity contribution is 7.89. The summed E-state index contributed by atoms with van der Waals surface area (Å²) in [7, 11) is -3.61. The second-order valence-electron chi connectivity index (χ2n) is 5.46. The molecule has 0 saturated carbocycles. The average Bonchev–Trinajstić information content (AvgIpc) is 2.49. The summed E-state index contributed by atoms with van der Waals surface area (Å²) in [6.45, 7) is 2.34. The van der Waals surface area contributed by atoms with Gasteiger partial charge in [0.25, 0.3) is 0 Å². The van der Waals surface area contributed by atoms with Crippen molar-refractivity contribution in [1.82, 2.24) is 0 Å². The Labute approximate surface area is 134 Å². The zero-order valence-electron chi connectivity index (χ0n) is 13.2. The maximum Gasteiger partial charge on any atom is 0.238 e. The van der Waals surface area contributed by atoms with E-state index in [9.17, 15) is 8.42 Å². The third-order valence-electron chi connectivity index (χ3n) is 3.47. The summed E-state index contributed by atoms with van der Waals surface area (Å²) in [5.74, 6) is 0. The van der Waals surface area contributed by atoms with Gasteiger partial charge >= 0.3 is 0 Å². The van der Waals surface area contributed by atoms with Gasteiger partial charge in [-0.3, -0.25) is 0 Å². The summed E-state index contributed by atoms with van der Waals surface area (Å²) in [5, 5.41) is 5.12. The number of hydrogen-bond donors (Lipinski definition) is 2. The van der Waals surface area contributed by atoms with Crippen LogP contribution in [0.5, 0.6) is 0 Å². The van der Waals surface area contributed by atoms with Gasteiger partial charge in [-0.25, -0.2) is 13.6 Å². The van der Waals surface area contributed by atoms with Crippen molar-refractivity contribution in [3.63, 3.8) is 0 Å². The molecular weight excluding hydrogens is 300 g/mol. The van der Waals surface area contributed by atoms with Crippen LogP contribution in [-0.2, 0) is 21.2 Å². The molecule has 1 aromatic rings. The van der Waals surface area contributed by atoms with E-state index in [-0.39, 0.29) is 4.90 Å². The molecule has 0 spiro atoms. The Morgan fingerprint density at radius 3 is 2.32 bits per heavy atom. The maximum absolute atomic E-state index is 11.3. The second kappa shape index (κ2) is 10.7. The number of nitrogens with two attached hydrogens (primary N) is 2. The van der Waals surface area contributed by atoms with Crippen LogP contribution in [-0.4, -0.2) is 28.2 Å². The molecular formula is C16H28N2O3S. The predicted octanol–water partition coefficient (Wildman–Crippen LogP) is 2.19. The van der Waals surface area contributed by atoms with Crippen LogP contribution in [0.4, 0.5) is 0 Å². The number of aryl methyl sites for hydroxylation is 1. The minimum absolute atomic E-state index is 0.179. The van der Waals surface area contributed by atoms with E-state index in [1.807, 2.05) is 6.07 Å². The molecule has 5 nitrogen and oxygen atoms in total. The van der Waals surface area contributed by atoms with Crippen LogP contribution < -0.4 is 10.9 Å². The fourth-order valence-corrected chi connectivity index (χ4v) is 2.80. The first-order chi connectivity index (χ1) is 10.5. The van der Waals surface area contributed by atoms with E-state index in [1.165, 1.54) is 18.9 Å². The Bertz CT molecular complexity index is 518. The van der Waals surface area contributed by atoms with E-state index >= 15 is 0 Å². The summed E-state index contributed by atoms with van der Waals surface area (Å²) < 4.78 is 28.1. The SMILES string of the molecule is NCCCCCCOCCCCc1cccc(S(N)(=O)=O)c1. The molecule has 6 heteroatoms. The molecule has 0 atom stereocenters. The predicted molar refractivity (Wildman–Crippen MR) is 89.1 cm³/mol. The molecule has 22 heavy (non-hydrogen) atoms. The van der Waals surface area contributed by atoms with Crippen molar-refractivity contribution in [2.24, 2.45) is 10.9 Å². The lowest BCUT2D eigenvalue weighted by molar-refractivity contribution is 0.126. The highest BCUT2D eigenvalue weighted by Crippen LogP contribution is 2.12. The van der Waals surface area contributed by atoms with E-state index in [4.69, 9.17) is 15.6 Å². The van der Waals surface area contributed by atoms with Crippen LogP contribution in [0.15, 0.2) is 29.2 Å². The summed E-state index contributed by atoms with van der Waals surface area (Å²) >= 11 is 0. The van der Waals surface area contributed by atoms with Crippen molar-refractivity contribution in [3.05, 3.63) is 29.8 Å². The molecule has 1 rings (SSSR count). The lowest BCUT2D eigenvalue weighted by atomic mass is 10.1. The van der Waals surface area contributed by atoms with Crippen LogP contribution in [0.1, 0.15) is 44.1 Å². The smallest absolute Gasteiger partial charge is 0.238 e. The first-order valence-electron chi connectivity index (χ1n) is 7.93. The van der Waals surface area contributed by atoms with E-state index in [2.05, 4.69) is 0 Å². The summed E-state index contributed by atoms with van der Waals surface area (Å²) in [6.07, 6.45) is 7.33. The van der Waals surface area contributed by atoms with Crippen LogP contribution in [0.25, 0.3) is 0 Å². The molecule has 0 unspecified atom stereocenters. The minimum Gasteiger partial charge on any atom is -0.381 e. The van der Waals surface area contributed by atoms with Crippen molar-refractivity contribution >= 4 is 10.0 Å². The summed E-state index contributed by atoms with van der Waals surface area (Å²) in [6, 6.07) is 6.82. The molecule has 0 saturated heterocycles. The molecule has 0 heterocycles. The Kier molecular flexibility index (Phi) is 9.31. The van der Waals surface area contributed by atoms with Crippen LogP contribution >= 0.6 is 0 Å². The van der Waals surface area contributed by atoms with Gasteiger partial charge in [0.1, 0.15) is 0 Å². The summed E-state index contributed by atoms with van der Waals surface area (Å²) in [4.78, 5) is 0.179. The van der Waals surface area contributed by atoms with E-state index < -0.39 is 10.0 Å². The number of sulfonamides is 1. The van der Waals surface area contributed by atoms with Gasteiger partial charge in [-0.1, -0.05) is 25.0 Å². The molecule has 0 amide bonds. The number of unbranched alkanes of at least 4 members (excludes halogenated alkanes) is 4. The molecule has 4 N–H and O–H groups in total. The van der Waals surface area contributed by atoms with Gasteiger partial charge in [-0.05, 0) is 56.3 Å². The molecule has 1 aromatic carbocycles. The number of ether oxygens (including phenoxy) is 1. The van der Waals surface area contributed by atoms with Gasteiger partial charge in [-0.15, -0.1) is 0 Å². The van der Waals surface area contributed by atoms with E-state index in [0.29, 0.717) is 0 Å². The number of benzene rings is 1. The fraction of sp³-hybridized carbons (Fsp3) is 0.625. The molecule has 0 fully saturated rings.